The molecular weight excluding hydrogens is 390 g/mol. The van der Waals surface area contributed by atoms with Crippen LogP contribution >= 0.6 is 15.9 Å². The molecule has 0 radical (unpaired) electrons. The lowest BCUT2D eigenvalue weighted by atomic mass is 10.1. The van der Waals surface area contributed by atoms with E-state index in [0.717, 1.165) is 0 Å². The van der Waals surface area contributed by atoms with E-state index in [0.29, 0.717) is 23.7 Å². The zero-order valence-corrected chi connectivity index (χ0v) is 14.6. The first-order chi connectivity index (χ1) is 10.7. The molecule has 0 aromatic heterocycles. The second kappa shape index (κ2) is 8.99. The number of hydrogen-bond acceptors (Lipinski definition) is 4. The fourth-order valence-corrected chi connectivity index (χ4v) is 3.74. The number of nitrogens with one attached hydrogen (secondary N) is 1. The maximum Gasteiger partial charge on any atom is 0.321 e. The van der Waals surface area contributed by atoms with Gasteiger partial charge in [-0.15, -0.1) is 0 Å². The summed E-state index contributed by atoms with van der Waals surface area (Å²) in [6.07, 6.45) is 1.49. The summed E-state index contributed by atoms with van der Waals surface area (Å²) in [5.74, 6) is -2.17. The van der Waals surface area contributed by atoms with Gasteiger partial charge in [-0.2, -0.15) is 4.72 Å². The Labute approximate surface area is 142 Å². The maximum atomic E-state index is 12.2. The van der Waals surface area contributed by atoms with E-state index in [9.17, 15) is 18.0 Å². The average molecular weight is 408 g/mol. The van der Waals surface area contributed by atoms with Crippen LogP contribution < -0.4 is 4.72 Å². The smallest absolute Gasteiger partial charge is 0.321 e. The Morgan fingerprint density at radius 3 is 2.43 bits per heavy atom. The highest BCUT2D eigenvalue weighted by atomic mass is 79.9. The van der Waals surface area contributed by atoms with Crippen LogP contribution in [-0.2, 0) is 19.6 Å². The number of halogens is 1. The Morgan fingerprint density at radius 2 is 1.87 bits per heavy atom. The van der Waals surface area contributed by atoms with Gasteiger partial charge in [0.1, 0.15) is 6.04 Å². The van der Waals surface area contributed by atoms with Gasteiger partial charge in [0.05, 0.1) is 4.90 Å². The topological polar surface area (TPSA) is 121 Å². The van der Waals surface area contributed by atoms with E-state index >= 15 is 0 Å². The van der Waals surface area contributed by atoms with Crippen molar-refractivity contribution in [2.45, 2.75) is 43.0 Å². The molecule has 0 aliphatic rings. The molecule has 9 heteroatoms. The number of benzene rings is 1. The molecule has 1 aromatic carbocycles. The molecule has 128 valence electrons. The minimum atomic E-state index is -3.94. The standard InChI is InChI=1S/C14H18BrNO6S/c15-10-5-4-6-11(9-10)23(21,22)16-12(14(19)20)7-2-1-3-8-13(17)18/h4-6,9,12,16H,1-3,7-8H2,(H,17,18)(H,19,20)/t12-/m0/s1. The van der Waals surface area contributed by atoms with Gasteiger partial charge in [-0.25, -0.2) is 8.42 Å². The zero-order chi connectivity index (χ0) is 17.5. The first-order valence-electron chi connectivity index (χ1n) is 6.95. The van der Waals surface area contributed by atoms with Crippen LogP contribution in [0, 0.1) is 0 Å². The predicted octanol–water partition coefficient (Wildman–Crippen LogP) is 2.22. The highest BCUT2D eigenvalue weighted by Crippen LogP contribution is 2.17. The summed E-state index contributed by atoms with van der Waals surface area (Å²) in [4.78, 5) is 21.6. The van der Waals surface area contributed by atoms with E-state index in [4.69, 9.17) is 10.2 Å². The zero-order valence-electron chi connectivity index (χ0n) is 12.2. The number of sulfonamides is 1. The van der Waals surface area contributed by atoms with Gasteiger partial charge in [0.2, 0.25) is 10.0 Å². The van der Waals surface area contributed by atoms with Crippen molar-refractivity contribution in [2.24, 2.45) is 0 Å². The van der Waals surface area contributed by atoms with Crippen molar-refractivity contribution in [2.75, 3.05) is 0 Å². The van der Waals surface area contributed by atoms with E-state index < -0.39 is 28.0 Å². The van der Waals surface area contributed by atoms with Gasteiger partial charge in [0, 0.05) is 10.9 Å². The molecule has 1 aromatic rings. The molecule has 0 bridgehead atoms. The minimum Gasteiger partial charge on any atom is -0.481 e. The fourth-order valence-electron chi connectivity index (χ4n) is 1.92. The Balaban J connectivity index is 2.64. The second-order valence-electron chi connectivity index (χ2n) is 4.96. The molecule has 0 saturated heterocycles. The number of carboxylic acids is 2. The van der Waals surface area contributed by atoms with Crippen molar-refractivity contribution in [3.05, 3.63) is 28.7 Å². The Kier molecular flexibility index (Phi) is 7.66. The maximum absolute atomic E-state index is 12.2. The lowest BCUT2D eigenvalue weighted by Crippen LogP contribution is -2.40. The average Bonchev–Trinajstić information content (AvgIpc) is 2.45. The molecule has 23 heavy (non-hydrogen) atoms. The lowest BCUT2D eigenvalue weighted by Gasteiger charge is -2.15. The first kappa shape index (κ1) is 19.6. The summed E-state index contributed by atoms with van der Waals surface area (Å²) < 4.78 is 27.2. The van der Waals surface area contributed by atoms with Gasteiger partial charge in [0.15, 0.2) is 0 Å². The number of aliphatic carboxylic acids is 2. The molecule has 0 amide bonds. The monoisotopic (exact) mass is 407 g/mol. The van der Waals surface area contributed by atoms with Crippen LogP contribution in [0.4, 0.5) is 0 Å². The third-order valence-electron chi connectivity index (χ3n) is 3.09. The second-order valence-corrected chi connectivity index (χ2v) is 7.59. The Hall–Kier alpha value is -1.45. The Morgan fingerprint density at radius 1 is 1.17 bits per heavy atom. The summed E-state index contributed by atoms with van der Waals surface area (Å²) in [7, 11) is -3.94. The number of hydrogen-bond donors (Lipinski definition) is 3. The molecule has 1 atom stereocenters. The molecule has 3 N–H and O–H groups in total. The van der Waals surface area contributed by atoms with Crippen LogP contribution in [0.2, 0.25) is 0 Å². The number of rotatable bonds is 10. The third-order valence-corrected chi connectivity index (χ3v) is 5.05. The van der Waals surface area contributed by atoms with Gasteiger partial charge >= 0.3 is 11.9 Å². The van der Waals surface area contributed by atoms with Crippen molar-refractivity contribution >= 4 is 37.9 Å². The third kappa shape index (κ3) is 7.10. The van der Waals surface area contributed by atoms with Crippen LogP contribution in [0.25, 0.3) is 0 Å². The summed E-state index contributed by atoms with van der Waals surface area (Å²) in [6, 6.07) is 4.72. The molecule has 0 heterocycles. The molecule has 0 aliphatic heterocycles. The highest BCUT2D eigenvalue weighted by Gasteiger charge is 2.25. The van der Waals surface area contributed by atoms with E-state index in [1.54, 1.807) is 12.1 Å². The molecule has 0 aliphatic carbocycles. The molecule has 7 nitrogen and oxygen atoms in total. The van der Waals surface area contributed by atoms with Crippen LogP contribution in [0.1, 0.15) is 32.1 Å². The number of unbranched alkanes of at least 4 members (excludes halogenated alkanes) is 2. The van der Waals surface area contributed by atoms with E-state index in [-0.39, 0.29) is 17.7 Å². The number of carboxylic acid groups (broad SMARTS) is 2. The van der Waals surface area contributed by atoms with Crippen LogP contribution in [0.15, 0.2) is 33.6 Å². The van der Waals surface area contributed by atoms with Gasteiger partial charge in [0.25, 0.3) is 0 Å². The molecular formula is C14H18BrNO6S. The minimum absolute atomic E-state index is 0.0154. The normalized spacial score (nSPS) is 12.7. The van der Waals surface area contributed by atoms with Crippen LogP contribution in [0.3, 0.4) is 0 Å². The van der Waals surface area contributed by atoms with Gasteiger partial charge < -0.3 is 10.2 Å². The van der Waals surface area contributed by atoms with E-state index in [1.165, 1.54) is 12.1 Å². The molecule has 0 saturated carbocycles. The predicted molar refractivity (Wildman–Crippen MR) is 86.6 cm³/mol. The molecule has 0 fully saturated rings. The lowest BCUT2D eigenvalue weighted by molar-refractivity contribution is -0.139. The van der Waals surface area contributed by atoms with Crippen LogP contribution in [-0.4, -0.2) is 36.6 Å². The highest BCUT2D eigenvalue weighted by molar-refractivity contribution is 9.10. The summed E-state index contributed by atoms with van der Waals surface area (Å²) in [5, 5.41) is 17.7. The van der Waals surface area contributed by atoms with Crippen molar-refractivity contribution in [3.8, 4) is 0 Å². The van der Waals surface area contributed by atoms with Crippen molar-refractivity contribution < 1.29 is 28.2 Å². The molecule has 0 spiro atoms. The summed E-state index contributed by atoms with van der Waals surface area (Å²) >= 11 is 3.16. The fraction of sp³-hybridized carbons (Fsp3) is 0.429. The van der Waals surface area contributed by atoms with E-state index in [2.05, 4.69) is 20.7 Å². The Bertz CT molecular complexity index is 661. The number of carbonyl (C=O) groups is 2. The quantitative estimate of drug-likeness (QED) is 0.511. The summed E-state index contributed by atoms with van der Waals surface area (Å²) in [6.45, 7) is 0. The van der Waals surface area contributed by atoms with Gasteiger partial charge in [-0.05, 0) is 31.0 Å². The van der Waals surface area contributed by atoms with Crippen molar-refractivity contribution in [1.29, 1.82) is 0 Å². The van der Waals surface area contributed by atoms with Gasteiger partial charge in [-0.3, -0.25) is 9.59 Å². The largest absolute Gasteiger partial charge is 0.481 e. The first-order valence-corrected chi connectivity index (χ1v) is 9.22. The van der Waals surface area contributed by atoms with Gasteiger partial charge in [-0.1, -0.05) is 34.8 Å². The summed E-state index contributed by atoms with van der Waals surface area (Å²) in [5.41, 5.74) is 0. The van der Waals surface area contributed by atoms with E-state index in [1.807, 2.05) is 0 Å². The SMILES string of the molecule is O=C(O)CCCCC[C@H](NS(=O)(=O)c1cccc(Br)c1)C(=O)O. The molecule has 1 rings (SSSR count). The van der Waals surface area contributed by atoms with Crippen molar-refractivity contribution in [1.82, 2.24) is 4.72 Å². The molecule has 0 unspecified atom stereocenters. The van der Waals surface area contributed by atoms with Crippen LogP contribution in [0.5, 0.6) is 0 Å². The van der Waals surface area contributed by atoms with Crippen molar-refractivity contribution in [3.63, 3.8) is 0 Å².